The summed E-state index contributed by atoms with van der Waals surface area (Å²) < 4.78 is 45.1. The summed E-state index contributed by atoms with van der Waals surface area (Å²) in [5.74, 6) is -1.46. The van der Waals surface area contributed by atoms with E-state index >= 15 is 0 Å². The van der Waals surface area contributed by atoms with Gasteiger partial charge < -0.3 is 4.42 Å². The maximum Gasteiger partial charge on any atom is 0.417 e. The Bertz CT molecular complexity index is 1030. The van der Waals surface area contributed by atoms with Crippen molar-refractivity contribution in [3.8, 4) is 0 Å². The molecule has 3 aromatic rings. The maximum atomic E-state index is 13.6. The van der Waals surface area contributed by atoms with Crippen molar-refractivity contribution < 1.29 is 17.2 Å². The summed E-state index contributed by atoms with van der Waals surface area (Å²) in [6.45, 7) is 0. The average molecular weight is 343 g/mol. The predicted molar refractivity (Wildman–Crippen MR) is 79.1 cm³/mol. The SMILES string of the molecule is O=c1[nH]c2cc(Cl)c(S(=O)(=O)Nc3ccccc3F)cc2o1. The van der Waals surface area contributed by atoms with Crippen molar-refractivity contribution in [2.75, 3.05) is 4.72 Å². The van der Waals surface area contributed by atoms with Crippen LogP contribution in [0.25, 0.3) is 11.1 Å². The fraction of sp³-hybridized carbons (Fsp3) is 0. The van der Waals surface area contributed by atoms with Crippen LogP contribution in [0, 0.1) is 5.82 Å². The average Bonchev–Trinajstić information content (AvgIpc) is 2.79. The van der Waals surface area contributed by atoms with E-state index in [0.29, 0.717) is 0 Å². The highest BCUT2D eigenvalue weighted by Gasteiger charge is 2.21. The third-order valence-corrected chi connectivity index (χ3v) is 4.71. The number of aromatic nitrogens is 1. The minimum atomic E-state index is -4.15. The Labute approximate surface area is 128 Å². The van der Waals surface area contributed by atoms with Gasteiger partial charge in [0.25, 0.3) is 10.0 Å². The van der Waals surface area contributed by atoms with Crippen LogP contribution in [0.3, 0.4) is 0 Å². The van der Waals surface area contributed by atoms with Crippen molar-refractivity contribution in [1.29, 1.82) is 0 Å². The van der Waals surface area contributed by atoms with Gasteiger partial charge in [0.2, 0.25) is 0 Å². The molecular formula is C13H8ClFN2O4S. The highest BCUT2D eigenvalue weighted by Crippen LogP contribution is 2.28. The number of hydrogen-bond acceptors (Lipinski definition) is 4. The van der Waals surface area contributed by atoms with Crippen LogP contribution < -0.4 is 10.5 Å². The highest BCUT2D eigenvalue weighted by molar-refractivity contribution is 7.92. The number of aromatic amines is 1. The van der Waals surface area contributed by atoms with E-state index < -0.39 is 21.6 Å². The van der Waals surface area contributed by atoms with Crippen LogP contribution in [0.5, 0.6) is 0 Å². The first-order valence-electron chi connectivity index (χ1n) is 5.96. The summed E-state index contributed by atoms with van der Waals surface area (Å²) >= 11 is 5.93. The summed E-state index contributed by atoms with van der Waals surface area (Å²) in [5.41, 5.74) is 0.0809. The van der Waals surface area contributed by atoms with E-state index in [1.165, 1.54) is 24.3 Å². The second kappa shape index (κ2) is 5.15. The van der Waals surface area contributed by atoms with E-state index in [1.807, 2.05) is 0 Å². The van der Waals surface area contributed by atoms with Crippen LogP contribution >= 0.6 is 11.6 Å². The molecular weight excluding hydrogens is 335 g/mol. The van der Waals surface area contributed by atoms with Gasteiger partial charge in [0.1, 0.15) is 10.7 Å². The van der Waals surface area contributed by atoms with Gasteiger partial charge in [-0.15, -0.1) is 0 Å². The molecule has 22 heavy (non-hydrogen) atoms. The van der Waals surface area contributed by atoms with Gasteiger partial charge in [-0.2, -0.15) is 0 Å². The van der Waals surface area contributed by atoms with Gasteiger partial charge in [0.15, 0.2) is 5.58 Å². The van der Waals surface area contributed by atoms with Crippen molar-refractivity contribution in [2.24, 2.45) is 0 Å². The van der Waals surface area contributed by atoms with E-state index in [2.05, 4.69) is 9.71 Å². The minimum absolute atomic E-state index is 0.0308. The number of fused-ring (bicyclic) bond motifs is 1. The highest BCUT2D eigenvalue weighted by atomic mass is 35.5. The number of halogens is 2. The molecule has 0 saturated heterocycles. The molecule has 3 rings (SSSR count). The zero-order valence-electron chi connectivity index (χ0n) is 10.8. The number of H-pyrrole nitrogens is 1. The molecule has 9 heteroatoms. The summed E-state index contributed by atoms with van der Waals surface area (Å²) in [6.07, 6.45) is 0. The molecule has 114 valence electrons. The number of benzene rings is 2. The standard InChI is InChI=1S/C13H8ClFN2O4S/c14-7-5-10-11(21-13(18)16-10)6-12(7)22(19,20)17-9-4-2-1-3-8(9)15/h1-6,17H,(H,16,18). The lowest BCUT2D eigenvalue weighted by Gasteiger charge is -2.10. The van der Waals surface area contributed by atoms with Crippen LogP contribution in [0.1, 0.15) is 0 Å². The molecule has 0 aliphatic rings. The van der Waals surface area contributed by atoms with Gasteiger partial charge in [-0.3, -0.25) is 9.71 Å². The Kier molecular flexibility index (Phi) is 3.42. The molecule has 6 nitrogen and oxygen atoms in total. The van der Waals surface area contributed by atoms with Crippen LogP contribution in [0.15, 0.2) is 50.5 Å². The monoisotopic (exact) mass is 342 g/mol. The van der Waals surface area contributed by atoms with Crippen LogP contribution in [-0.4, -0.2) is 13.4 Å². The third-order valence-electron chi connectivity index (χ3n) is 2.88. The molecule has 1 heterocycles. The summed E-state index contributed by atoms with van der Waals surface area (Å²) in [5, 5.41) is -0.131. The first kappa shape index (κ1) is 14.6. The van der Waals surface area contributed by atoms with Crippen molar-refractivity contribution in [3.05, 3.63) is 57.8 Å². The van der Waals surface area contributed by atoms with E-state index in [0.717, 1.165) is 12.1 Å². The Balaban J connectivity index is 2.10. The molecule has 1 aromatic heterocycles. The largest absolute Gasteiger partial charge is 0.417 e. The van der Waals surface area contributed by atoms with Crippen LogP contribution in [0.2, 0.25) is 5.02 Å². The summed E-state index contributed by atoms with van der Waals surface area (Å²) in [6, 6.07) is 7.65. The fourth-order valence-electron chi connectivity index (χ4n) is 1.90. The Morgan fingerprint density at radius 2 is 1.95 bits per heavy atom. The van der Waals surface area contributed by atoms with Gasteiger partial charge in [-0.25, -0.2) is 17.6 Å². The molecule has 0 aliphatic heterocycles. The summed E-state index contributed by atoms with van der Waals surface area (Å²) in [4.78, 5) is 13.1. The lowest BCUT2D eigenvalue weighted by molar-refractivity contribution is 0.554. The lowest BCUT2D eigenvalue weighted by Crippen LogP contribution is -2.14. The lowest BCUT2D eigenvalue weighted by atomic mass is 10.3. The number of hydrogen-bond donors (Lipinski definition) is 2. The number of para-hydroxylation sites is 1. The fourth-order valence-corrected chi connectivity index (χ4v) is 3.51. The van der Waals surface area contributed by atoms with E-state index in [9.17, 15) is 17.6 Å². The quantitative estimate of drug-likeness (QED) is 0.765. The number of oxazole rings is 1. The van der Waals surface area contributed by atoms with Crippen LogP contribution in [0.4, 0.5) is 10.1 Å². The van der Waals surface area contributed by atoms with Gasteiger partial charge >= 0.3 is 5.76 Å². The van der Waals surface area contributed by atoms with Crippen LogP contribution in [-0.2, 0) is 10.0 Å². The van der Waals surface area contributed by atoms with Gasteiger partial charge in [-0.1, -0.05) is 23.7 Å². The predicted octanol–water partition coefficient (Wildman–Crippen LogP) is 2.71. The molecule has 0 atom stereocenters. The molecule has 2 N–H and O–H groups in total. The Hall–Kier alpha value is -2.32. The third kappa shape index (κ3) is 2.58. The Morgan fingerprint density at radius 3 is 2.68 bits per heavy atom. The normalized spacial score (nSPS) is 11.7. The van der Waals surface area contributed by atoms with Gasteiger partial charge in [-0.05, 0) is 18.2 Å². The second-order valence-electron chi connectivity index (χ2n) is 4.38. The topological polar surface area (TPSA) is 92.2 Å². The van der Waals surface area contributed by atoms with Crippen molar-refractivity contribution in [2.45, 2.75) is 4.90 Å². The molecule has 0 unspecified atom stereocenters. The number of rotatable bonds is 3. The maximum absolute atomic E-state index is 13.6. The Morgan fingerprint density at radius 1 is 1.23 bits per heavy atom. The molecule has 0 bridgehead atoms. The summed E-state index contributed by atoms with van der Waals surface area (Å²) in [7, 11) is -4.15. The zero-order chi connectivity index (χ0) is 15.9. The van der Waals surface area contributed by atoms with E-state index in [4.69, 9.17) is 16.0 Å². The van der Waals surface area contributed by atoms with E-state index in [1.54, 1.807) is 0 Å². The first-order chi connectivity index (χ1) is 10.4. The number of sulfonamides is 1. The van der Waals surface area contributed by atoms with Crippen molar-refractivity contribution in [3.63, 3.8) is 0 Å². The van der Waals surface area contributed by atoms with Gasteiger partial charge in [0, 0.05) is 6.07 Å². The molecule has 0 spiro atoms. The smallest absolute Gasteiger partial charge is 0.408 e. The molecule has 0 aliphatic carbocycles. The molecule has 0 radical (unpaired) electrons. The van der Waals surface area contributed by atoms with Crippen molar-refractivity contribution in [1.82, 2.24) is 4.98 Å². The number of nitrogens with one attached hydrogen (secondary N) is 2. The zero-order valence-corrected chi connectivity index (χ0v) is 12.3. The van der Waals surface area contributed by atoms with E-state index in [-0.39, 0.29) is 26.7 Å². The van der Waals surface area contributed by atoms with Gasteiger partial charge in [0.05, 0.1) is 16.2 Å². The number of anilines is 1. The minimum Gasteiger partial charge on any atom is -0.408 e. The van der Waals surface area contributed by atoms with Crippen molar-refractivity contribution >= 4 is 38.4 Å². The molecule has 2 aromatic carbocycles. The molecule has 0 fully saturated rings. The molecule has 0 amide bonds. The first-order valence-corrected chi connectivity index (χ1v) is 7.83. The molecule has 0 saturated carbocycles. The second-order valence-corrected chi connectivity index (χ2v) is 6.44.